The highest BCUT2D eigenvalue weighted by atomic mass is 32.1. The van der Waals surface area contributed by atoms with Crippen molar-refractivity contribution in [1.29, 1.82) is 0 Å². The maximum Gasteiger partial charge on any atom is 0.171 e. The number of para-hydroxylation sites is 1. The van der Waals surface area contributed by atoms with Crippen molar-refractivity contribution in [3.63, 3.8) is 0 Å². The molecular formula is C18H24N2S. The van der Waals surface area contributed by atoms with Crippen LogP contribution < -0.4 is 10.6 Å². The fraction of sp³-hybridized carbons (Fsp3) is 0.611. The molecule has 0 heterocycles. The van der Waals surface area contributed by atoms with E-state index in [1.165, 1.54) is 38.5 Å². The van der Waals surface area contributed by atoms with Gasteiger partial charge in [0.05, 0.1) is 0 Å². The maximum atomic E-state index is 5.56. The van der Waals surface area contributed by atoms with Crippen LogP contribution in [0.1, 0.15) is 38.5 Å². The van der Waals surface area contributed by atoms with E-state index in [4.69, 9.17) is 12.2 Å². The van der Waals surface area contributed by atoms with E-state index >= 15 is 0 Å². The van der Waals surface area contributed by atoms with Crippen molar-refractivity contribution in [3.8, 4) is 0 Å². The Balaban J connectivity index is 1.43. The van der Waals surface area contributed by atoms with Gasteiger partial charge in [-0.2, -0.15) is 0 Å². The Morgan fingerprint density at radius 1 is 0.905 bits per heavy atom. The number of benzene rings is 1. The third-order valence-corrected chi connectivity index (χ3v) is 6.20. The van der Waals surface area contributed by atoms with E-state index < -0.39 is 0 Å². The fourth-order valence-electron chi connectivity index (χ4n) is 5.13. The zero-order valence-corrected chi connectivity index (χ0v) is 13.2. The Labute approximate surface area is 132 Å². The normalized spacial score (nSPS) is 37.0. The zero-order chi connectivity index (χ0) is 14.2. The first-order valence-corrected chi connectivity index (χ1v) is 8.83. The molecule has 3 fully saturated rings. The van der Waals surface area contributed by atoms with E-state index in [0.717, 1.165) is 34.5 Å². The van der Waals surface area contributed by atoms with Gasteiger partial charge in [-0.15, -0.1) is 0 Å². The average molecular weight is 300 g/mol. The fourth-order valence-corrected chi connectivity index (χ4v) is 5.38. The molecule has 3 heteroatoms. The second kappa shape index (κ2) is 5.60. The Kier molecular flexibility index (Phi) is 3.62. The molecule has 2 nitrogen and oxygen atoms in total. The molecular weight excluding hydrogens is 276 g/mol. The van der Waals surface area contributed by atoms with Crippen LogP contribution in [-0.4, -0.2) is 11.2 Å². The van der Waals surface area contributed by atoms with Crippen molar-refractivity contribution >= 4 is 23.0 Å². The minimum Gasteiger partial charge on any atom is -0.359 e. The lowest BCUT2D eigenvalue weighted by Gasteiger charge is -2.37. The third kappa shape index (κ3) is 2.68. The minimum absolute atomic E-state index is 0.607. The lowest BCUT2D eigenvalue weighted by molar-refractivity contribution is 0.198. The van der Waals surface area contributed by atoms with Crippen molar-refractivity contribution < 1.29 is 0 Å². The van der Waals surface area contributed by atoms with E-state index in [-0.39, 0.29) is 0 Å². The van der Waals surface area contributed by atoms with Gasteiger partial charge in [0.15, 0.2) is 5.11 Å². The molecule has 2 N–H and O–H groups in total. The number of thiocarbonyl (C=S) groups is 1. The molecule has 3 saturated carbocycles. The summed E-state index contributed by atoms with van der Waals surface area (Å²) in [5.74, 6) is 3.74. The molecule has 0 saturated heterocycles. The lowest BCUT2D eigenvalue weighted by atomic mass is 9.75. The smallest absolute Gasteiger partial charge is 0.171 e. The van der Waals surface area contributed by atoms with Crippen molar-refractivity contribution in [2.75, 3.05) is 5.32 Å². The zero-order valence-electron chi connectivity index (χ0n) is 12.4. The topological polar surface area (TPSA) is 24.1 Å². The predicted octanol–water partition coefficient (Wildman–Crippen LogP) is 4.19. The van der Waals surface area contributed by atoms with Crippen LogP contribution in [0.5, 0.6) is 0 Å². The van der Waals surface area contributed by atoms with Gasteiger partial charge in [-0.1, -0.05) is 31.0 Å². The second-order valence-electron chi connectivity index (χ2n) is 7.17. The number of rotatable bonds is 2. The van der Waals surface area contributed by atoms with Crippen LogP contribution in [0.25, 0.3) is 0 Å². The van der Waals surface area contributed by atoms with Crippen molar-refractivity contribution in [2.24, 2.45) is 23.7 Å². The van der Waals surface area contributed by atoms with Gasteiger partial charge in [-0.25, -0.2) is 0 Å². The van der Waals surface area contributed by atoms with Gasteiger partial charge in [0.1, 0.15) is 0 Å². The highest BCUT2D eigenvalue weighted by Crippen LogP contribution is 2.53. The lowest BCUT2D eigenvalue weighted by Crippen LogP contribution is -2.48. The Morgan fingerprint density at radius 3 is 2.48 bits per heavy atom. The van der Waals surface area contributed by atoms with E-state index in [1.807, 2.05) is 18.2 Å². The van der Waals surface area contributed by atoms with Crippen LogP contribution in [-0.2, 0) is 0 Å². The summed E-state index contributed by atoms with van der Waals surface area (Å²) >= 11 is 5.56. The van der Waals surface area contributed by atoms with E-state index in [9.17, 15) is 0 Å². The highest BCUT2D eigenvalue weighted by molar-refractivity contribution is 7.80. The molecule has 5 atom stereocenters. The number of hydrogen-bond donors (Lipinski definition) is 2. The van der Waals surface area contributed by atoms with Gasteiger partial charge in [-0.05, 0) is 73.7 Å². The van der Waals surface area contributed by atoms with Gasteiger partial charge in [-0.3, -0.25) is 0 Å². The first kappa shape index (κ1) is 13.6. The first-order valence-electron chi connectivity index (χ1n) is 8.42. The quantitative estimate of drug-likeness (QED) is 0.801. The second-order valence-corrected chi connectivity index (χ2v) is 7.58. The van der Waals surface area contributed by atoms with Crippen LogP contribution in [0, 0.1) is 23.7 Å². The molecule has 5 unspecified atom stereocenters. The first-order chi connectivity index (χ1) is 10.3. The molecule has 3 aliphatic carbocycles. The van der Waals surface area contributed by atoms with Crippen LogP contribution in [0.15, 0.2) is 30.3 Å². The molecule has 1 aromatic carbocycles. The molecule has 0 aliphatic heterocycles. The minimum atomic E-state index is 0.607. The summed E-state index contributed by atoms with van der Waals surface area (Å²) in [6.45, 7) is 0. The molecule has 0 aromatic heterocycles. The standard InChI is InChI=1S/C18H24N2S/c21-18(19-16-7-2-1-3-8-16)20-17-13-6-4-5-12-9-15(17)11-14(12)10-13/h1-3,7-8,12-15,17H,4-6,9-11H2,(H2,19,20,21). The summed E-state index contributed by atoms with van der Waals surface area (Å²) in [5.41, 5.74) is 1.08. The molecule has 112 valence electrons. The summed E-state index contributed by atoms with van der Waals surface area (Å²) in [6.07, 6.45) is 8.62. The van der Waals surface area contributed by atoms with Crippen LogP contribution in [0.3, 0.4) is 0 Å². The monoisotopic (exact) mass is 300 g/mol. The number of anilines is 1. The molecule has 0 radical (unpaired) electrons. The summed E-state index contributed by atoms with van der Waals surface area (Å²) in [5, 5.41) is 7.82. The number of fused-ring (bicyclic) bond motifs is 2. The highest BCUT2D eigenvalue weighted by Gasteiger charge is 2.48. The largest absolute Gasteiger partial charge is 0.359 e. The maximum absolute atomic E-state index is 5.56. The molecule has 3 bridgehead atoms. The molecule has 4 rings (SSSR count). The summed E-state index contributed by atoms with van der Waals surface area (Å²) in [4.78, 5) is 0. The number of nitrogens with one attached hydrogen (secondary N) is 2. The average Bonchev–Trinajstić information content (AvgIpc) is 2.73. The molecule has 0 amide bonds. The van der Waals surface area contributed by atoms with Crippen LogP contribution in [0.2, 0.25) is 0 Å². The molecule has 0 spiro atoms. The van der Waals surface area contributed by atoms with Crippen LogP contribution in [0.4, 0.5) is 5.69 Å². The van der Waals surface area contributed by atoms with Gasteiger partial charge >= 0.3 is 0 Å². The molecule has 1 aromatic rings. The summed E-state index contributed by atoms with van der Waals surface area (Å²) in [6, 6.07) is 10.9. The van der Waals surface area contributed by atoms with E-state index in [1.54, 1.807) is 0 Å². The van der Waals surface area contributed by atoms with Gasteiger partial charge in [0.25, 0.3) is 0 Å². The molecule has 3 aliphatic rings. The van der Waals surface area contributed by atoms with Gasteiger partial charge in [0, 0.05) is 11.7 Å². The summed E-state index contributed by atoms with van der Waals surface area (Å²) < 4.78 is 0. The number of hydrogen-bond acceptors (Lipinski definition) is 1. The third-order valence-electron chi connectivity index (χ3n) is 5.98. The van der Waals surface area contributed by atoms with Crippen molar-refractivity contribution in [3.05, 3.63) is 30.3 Å². The van der Waals surface area contributed by atoms with Crippen LogP contribution >= 0.6 is 12.2 Å². The Hall–Kier alpha value is -1.09. The van der Waals surface area contributed by atoms with E-state index in [0.29, 0.717) is 6.04 Å². The Morgan fingerprint density at radius 2 is 1.62 bits per heavy atom. The summed E-state index contributed by atoms with van der Waals surface area (Å²) in [7, 11) is 0. The van der Waals surface area contributed by atoms with Crippen molar-refractivity contribution in [2.45, 2.75) is 44.6 Å². The SMILES string of the molecule is S=C(Nc1ccccc1)NC1C2CCCC3CC1CC3C2. The Bertz CT molecular complexity index is 515. The van der Waals surface area contributed by atoms with Crippen molar-refractivity contribution in [1.82, 2.24) is 5.32 Å². The van der Waals surface area contributed by atoms with E-state index in [2.05, 4.69) is 22.8 Å². The van der Waals surface area contributed by atoms with Gasteiger partial charge in [0.2, 0.25) is 0 Å². The predicted molar refractivity (Wildman–Crippen MR) is 91.2 cm³/mol. The van der Waals surface area contributed by atoms with Gasteiger partial charge < -0.3 is 10.6 Å². The molecule has 21 heavy (non-hydrogen) atoms.